The molecule has 0 radical (unpaired) electrons. The van der Waals surface area contributed by atoms with Crippen LogP contribution < -0.4 is 15.9 Å². The minimum absolute atomic E-state index is 0.0777. The van der Waals surface area contributed by atoms with Crippen molar-refractivity contribution in [3.8, 4) is 0 Å². The summed E-state index contributed by atoms with van der Waals surface area (Å²) in [5.41, 5.74) is 1.03. The van der Waals surface area contributed by atoms with Crippen molar-refractivity contribution in [3.63, 3.8) is 0 Å². The summed E-state index contributed by atoms with van der Waals surface area (Å²) in [7, 11) is 3.35. The summed E-state index contributed by atoms with van der Waals surface area (Å²) in [6.45, 7) is 1.91. The third-order valence-corrected chi connectivity index (χ3v) is 4.90. The van der Waals surface area contributed by atoms with Crippen LogP contribution in [0.15, 0.2) is 24.3 Å². The number of quaternary nitrogens is 1. The van der Waals surface area contributed by atoms with Gasteiger partial charge in [0.15, 0.2) is 5.69 Å². The van der Waals surface area contributed by atoms with E-state index in [0.29, 0.717) is 0 Å². The van der Waals surface area contributed by atoms with E-state index < -0.39 is 11.4 Å². The van der Waals surface area contributed by atoms with Gasteiger partial charge in [-0.3, -0.25) is 0 Å². The SMILES string of the molecule is C[C@@H]1NC(=O)N(C)[C@@H]2NC(=O)N(C)[C@H](c3ccc([NH+]([O-])O)cc3)[C@@H]12. The third kappa shape index (κ3) is 2.56. The second kappa shape index (κ2) is 5.93. The van der Waals surface area contributed by atoms with Gasteiger partial charge >= 0.3 is 12.1 Å². The first-order valence-electron chi connectivity index (χ1n) is 7.71. The summed E-state index contributed by atoms with van der Waals surface area (Å²) >= 11 is 0. The number of benzene rings is 1. The maximum absolute atomic E-state index is 12.3. The van der Waals surface area contributed by atoms with Crippen molar-refractivity contribution in [3.05, 3.63) is 35.0 Å². The zero-order valence-electron chi connectivity index (χ0n) is 13.7. The van der Waals surface area contributed by atoms with E-state index in [0.717, 1.165) is 5.56 Å². The van der Waals surface area contributed by atoms with E-state index in [1.807, 2.05) is 6.92 Å². The highest BCUT2D eigenvalue weighted by molar-refractivity contribution is 5.80. The second-order valence-corrected chi connectivity index (χ2v) is 6.30. The zero-order chi connectivity index (χ0) is 17.6. The van der Waals surface area contributed by atoms with Crippen molar-refractivity contribution < 1.29 is 20.0 Å². The number of nitrogens with one attached hydrogen (secondary N) is 3. The lowest BCUT2D eigenvalue weighted by molar-refractivity contribution is -0.991. The first kappa shape index (κ1) is 16.5. The zero-order valence-corrected chi connectivity index (χ0v) is 13.7. The molecular formula is C15H21N5O4. The molecule has 0 aromatic heterocycles. The summed E-state index contributed by atoms with van der Waals surface area (Å²) < 4.78 is 0. The van der Waals surface area contributed by atoms with E-state index in [1.54, 1.807) is 31.1 Å². The van der Waals surface area contributed by atoms with E-state index in [4.69, 9.17) is 5.21 Å². The highest BCUT2D eigenvalue weighted by Gasteiger charge is 2.49. The van der Waals surface area contributed by atoms with Gasteiger partial charge in [0.05, 0.1) is 6.04 Å². The molecular weight excluding hydrogens is 314 g/mol. The molecule has 3 rings (SSSR count). The number of amides is 4. The molecule has 1 unspecified atom stereocenters. The van der Waals surface area contributed by atoms with Crippen LogP contribution in [0.4, 0.5) is 15.3 Å². The molecule has 9 heteroatoms. The Balaban J connectivity index is 1.99. The normalized spacial score (nSPS) is 31.2. The van der Waals surface area contributed by atoms with Gasteiger partial charge in [-0.1, -0.05) is 12.1 Å². The Morgan fingerprint density at radius 2 is 1.67 bits per heavy atom. The van der Waals surface area contributed by atoms with Gasteiger partial charge in [0.2, 0.25) is 0 Å². The molecule has 130 valence electrons. The van der Waals surface area contributed by atoms with E-state index in [9.17, 15) is 14.8 Å². The van der Waals surface area contributed by atoms with Crippen molar-refractivity contribution >= 4 is 17.7 Å². The number of nitrogens with zero attached hydrogens (tertiary/aromatic N) is 2. The van der Waals surface area contributed by atoms with Crippen molar-refractivity contribution in [2.24, 2.45) is 5.92 Å². The predicted octanol–water partition coefficient (Wildman–Crippen LogP) is -0.228. The lowest BCUT2D eigenvalue weighted by Gasteiger charge is -2.52. The second-order valence-electron chi connectivity index (χ2n) is 6.30. The Labute approximate surface area is 139 Å². The molecule has 2 aliphatic heterocycles. The Morgan fingerprint density at radius 3 is 2.25 bits per heavy atom. The van der Waals surface area contributed by atoms with Gasteiger partial charge in [-0.05, 0) is 12.5 Å². The Hall–Kier alpha value is -2.36. The van der Waals surface area contributed by atoms with Crippen LogP contribution in [0.25, 0.3) is 0 Å². The van der Waals surface area contributed by atoms with Gasteiger partial charge in [0.1, 0.15) is 6.17 Å². The molecule has 4 N–H and O–H groups in total. The van der Waals surface area contributed by atoms with Crippen molar-refractivity contribution in [2.45, 2.75) is 25.2 Å². The first-order chi connectivity index (χ1) is 11.3. The maximum atomic E-state index is 12.3. The number of urea groups is 2. The summed E-state index contributed by atoms with van der Waals surface area (Å²) in [6.07, 6.45) is -0.415. The molecule has 1 aromatic carbocycles. The number of carbonyl (C=O) groups excluding carboxylic acids is 2. The summed E-state index contributed by atoms with van der Waals surface area (Å²) in [6, 6.07) is 5.60. The van der Waals surface area contributed by atoms with Crippen LogP contribution in [-0.2, 0) is 0 Å². The number of rotatable bonds is 2. The molecule has 2 heterocycles. The minimum Gasteiger partial charge on any atom is -0.595 e. The number of carbonyl (C=O) groups is 2. The summed E-state index contributed by atoms with van der Waals surface area (Å²) in [4.78, 5) is 27.4. The number of hydrogen-bond donors (Lipinski definition) is 4. The molecule has 1 aromatic rings. The van der Waals surface area contributed by atoms with E-state index in [1.165, 1.54) is 17.0 Å². The lowest BCUT2D eigenvalue weighted by Crippen LogP contribution is -2.99. The molecule has 4 amide bonds. The largest absolute Gasteiger partial charge is 0.595 e. The molecule has 9 nitrogen and oxygen atoms in total. The van der Waals surface area contributed by atoms with Crippen LogP contribution >= 0.6 is 0 Å². The van der Waals surface area contributed by atoms with E-state index in [-0.39, 0.29) is 35.8 Å². The summed E-state index contributed by atoms with van der Waals surface area (Å²) in [5, 5.41) is 24.9. The van der Waals surface area contributed by atoms with Gasteiger partial charge in [-0.25, -0.2) is 14.8 Å². The third-order valence-electron chi connectivity index (χ3n) is 4.90. The first-order valence-corrected chi connectivity index (χ1v) is 7.71. The van der Waals surface area contributed by atoms with Crippen LogP contribution in [0.3, 0.4) is 0 Å². The van der Waals surface area contributed by atoms with E-state index in [2.05, 4.69) is 10.6 Å². The molecule has 0 aliphatic carbocycles. The van der Waals surface area contributed by atoms with Gasteiger partial charge in [-0.15, -0.1) is 0 Å². The monoisotopic (exact) mass is 335 g/mol. The topological polar surface area (TPSA) is 112 Å². The summed E-state index contributed by atoms with van der Waals surface area (Å²) in [5.74, 6) is -0.0777. The molecule has 0 spiro atoms. The molecule has 2 aliphatic rings. The molecule has 2 saturated heterocycles. The van der Waals surface area contributed by atoms with Crippen LogP contribution in [0.2, 0.25) is 0 Å². The van der Waals surface area contributed by atoms with Crippen LogP contribution in [0.5, 0.6) is 0 Å². The minimum atomic E-state index is -0.993. The smallest absolute Gasteiger partial charge is 0.319 e. The van der Waals surface area contributed by atoms with Gasteiger partial charge in [0.25, 0.3) is 0 Å². The molecule has 2 fully saturated rings. The highest BCUT2D eigenvalue weighted by atomic mass is 16.8. The quantitative estimate of drug-likeness (QED) is 0.559. The van der Waals surface area contributed by atoms with E-state index >= 15 is 0 Å². The standard InChI is InChI=1S/C15H21N5O4/c1-8-11-12(9-4-6-10(7-5-9)20(23)24)18(2)15(22)17-13(11)19(3)14(21)16-8/h4-8,11-13,20,23H,1-3H3,(H,16,21)(H,17,22)/t8-,11+,12+,13-/m0/s1. The molecule has 24 heavy (non-hydrogen) atoms. The van der Waals surface area contributed by atoms with Crippen molar-refractivity contribution in [1.82, 2.24) is 20.4 Å². The molecule has 5 atom stereocenters. The Bertz CT molecular complexity index is 650. The van der Waals surface area contributed by atoms with Crippen molar-refractivity contribution in [2.75, 3.05) is 14.1 Å². The molecule has 0 bridgehead atoms. The molecule has 0 saturated carbocycles. The van der Waals surface area contributed by atoms with Gasteiger partial charge in [0, 0.05) is 38.2 Å². The maximum Gasteiger partial charge on any atom is 0.319 e. The number of hydrogen-bond acceptors (Lipinski definition) is 4. The van der Waals surface area contributed by atoms with Gasteiger partial charge < -0.3 is 25.6 Å². The average molecular weight is 335 g/mol. The van der Waals surface area contributed by atoms with Gasteiger partial charge in [-0.2, -0.15) is 5.23 Å². The fourth-order valence-electron chi connectivity index (χ4n) is 3.57. The average Bonchev–Trinajstić information content (AvgIpc) is 2.54. The number of fused-ring (bicyclic) bond motifs is 1. The Kier molecular flexibility index (Phi) is 4.08. The fourth-order valence-corrected chi connectivity index (χ4v) is 3.57. The Morgan fingerprint density at radius 1 is 1.08 bits per heavy atom. The lowest BCUT2D eigenvalue weighted by atomic mass is 9.81. The van der Waals surface area contributed by atoms with Crippen LogP contribution in [-0.4, -0.2) is 53.4 Å². The predicted molar refractivity (Wildman–Crippen MR) is 84.3 cm³/mol. The van der Waals surface area contributed by atoms with Crippen LogP contribution in [0, 0.1) is 11.1 Å². The van der Waals surface area contributed by atoms with Crippen LogP contribution in [0.1, 0.15) is 18.5 Å². The van der Waals surface area contributed by atoms with Crippen molar-refractivity contribution in [1.29, 1.82) is 0 Å². The fraction of sp³-hybridized carbons (Fsp3) is 0.467. The highest BCUT2D eigenvalue weighted by Crippen LogP contribution is 2.38.